The highest BCUT2D eigenvalue weighted by Crippen LogP contribution is 2.43. The Morgan fingerprint density at radius 2 is 1.97 bits per heavy atom. The third-order valence-electron chi connectivity index (χ3n) is 7.29. The number of pyridine rings is 1. The lowest BCUT2D eigenvalue weighted by molar-refractivity contribution is -0.198. The van der Waals surface area contributed by atoms with Crippen molar-refractivity contribution >= 4 is 29.3 Å². The van der Waals surface area contributed by atoms with Gasteiger partial charge in [-0.25, -0.2) is 0 Å². The summed E-state index contributed by atoms with van der Waals surface area (Å²) < 4.78 is 48.7. The Balaban J connectivity index is 1.40. The van der Waals surface area contributed by atoms with Crippen molar-refractivity contribution in [2.45, 2.75) is 37.6 Å². The maximum Gasteiger partial charge on any atom is 0.429 e. The van der Waals surface area contributed by atoms with E-state index >= 15 is 0 Å². The second kappa shape index (κ2) is 10.5. The molecule has 206 valence electrons. The molecule has 39 heavy (non-hydrogen) atoms. The minimum Gasteiger partial charge on any atom is -0.480 e. The van der Waals surface area contributed by atoms with Crippen LogP contribution in [-0.2, 0) is 4.79 Å². The van der Waals surface area contributed by atoms with E-state index in [9.17, 15) is 23.1 Å². The molecule has 0 aliphatic carbocycles. The predicted molar refractivity (Wildman–Crippen MR) is 138 cm³/mol. The number of ether oxygens (including phenoxy) is 1. The number of carbonyl (C=O) groups is 1. The van der Waals surface area contributed by atoms with Crippen molar-refractivity contribution in [3.63, 3.8) is 0 Å². The maximum absolute atomic E-state index is 14.4. The Labute approximate surface area is 227 Å². The molecule has 2 fully saturated rings. The summed E-state index contributed by atoms with van der Waals surface area (Å²) in [4.78, 5) is 25.6. The number of piperidine rings is 1. The molecular weight excluding hydrogens is 537 g/mol. The van der Waals surface area contributed by atoms with E-state index in [-0.39, 0.29) is 33.4 Å². The summed E-state index contributed by atoms with van der Waals surface area (Å²) in [6.07, 6.45) is -3.77. The summed E-state index contributed by atoms with van der Waals surface area (Å²) in [6, 6.07) is 9.72. The fourth-order valence-electron chi connectivity index (χ4n) is 5.26. The van der Waals surface area contributed by atoms with Crippen molar-refractivity contribution in [2.24, 2.45) is 5.41 Å². The minimum atomic E-state index is -4.80. The van der Waals surface area contributed by atoms with Crippen LogP contribution in [0.1, 0.15) is 30.9 Å². The number of carboxylic acids is 1. The zero-order valence-corrected chi connectivity index (χ0v) is 21.4. The molecule has 2 aliphatic heterocycles. The van der Waals surface area contributed by atoms with Crippen molar-refractivity contribution in [1.29, 1.82) is 0 Å². The Hall–Kier alpha value is -3.64. The number of nitrogens with one attached hydrogen (secondary N) is 1. The van der Waals surface area contributed by atoms with Gasteiger partial charge in [0.05, 0.1) is 5.69 Å². The van der Waals surface area contributed by atoms with Gasteiger partial charge in [-0.2, -0.15) is 23.1 Å². The molecule has 13 heteroatoms. The summed E-state index contributed by atoms with van der Waals surface area (Å²) in [5.74, 6) is -1.07. The Bertz CT molecular complexity index is 1350. The normalized spacial score (nSPS) is 19.7. The molecule has 1 aromatic carbocycles. The van der Waals surface area contributed by atoms with Crippen LogP contribution in [-0.4, -0.2) is 57.9 Å². The first-order valence-electron chi connectivity index (χ1n) is 12.3. The predicted octanol–water partition coefficient (Wildman–Crippen LogP) is 4.49. The number of alkyl halides is 3. The number of halogens is 4. The van der Waals surface area contributed by atoms with Gasteiger partial charge in [0.2, 0.25) is 17.9 Å². The number of rotatable bonds is 6. The van der Waals surface area contributed by atoms with Crippen LogP contribution in [0.2, 0.25) is 5.02 Å². The van der Waals surface area contributed by atoms with E-state index in [0.29, 0.717) is 50.4 Å². The highest BCUT2D eigenvalue weighted by Gasteiger charge is 2.46. The number of anilines is 2. The second-order valence-electron chi connectivity index (χ2n) is 9.87. The fraction of sp³-hybridized carbons (Fsp3) is 0.385. The average molecular weight is 563 g/mol. The van der Waals surface area contributed by atoms with Crippen molar-refractivity contribution < 1.29 is 27.8 Å². The van der Waals surface area contributed by atoms with Gasteiger partial charge in [0.15, 0.2) is 0 Å². The molecule has 3 aromatic rings. The number of carboxylic acid groups (broad SMARTS) is 1. The zero-order valence-electron chi connectivity index (χ0n) is 20.7. The van der Waals surface area contributed by atoms with E-state index in [1.54, 1.807) is 18.2 Å². The number of nitrogen functional groups attached to an aromatic ring is 1. The van der Waals surface area contributed by atoms with E-state index in [1.165, 1.54) is 30.5 Å². The van der Waals surface area contributed by atoms with Gasteiger partial charge in [-0.15, -0.1) is 0 Å². The zero-order chi connectivity index (χ0) is 27.8. The van der Waals surface area contributed by atoms with Gasteiger partial charge >= 0.3 is 12.1 Å². The number of nitrogens with two attached hydrogens (primary N) is 1. The molecule has 9 nitrogen and oxygen atoms in total. The number of aromatic nitrogens is 3. The molecule has 4 heterocycles. The molecule has 5 rings (SSSR count). The van der Waals surface area contributed by atoms with Crippen LogP contribution in [0.15, 0.2) is 48.7 Å². The molecule has 4 N–H and O–H groups in total. The molecule has 0 amide bonds. The standard InChI is InChI=1S/C26H26ClF3N6O3/c27-15-4-5-16(17(11-15)18-3-1-2-8-32-18)22(26(28,29)30)39-21-12-20(34-24(31)35-21)36-9-6-25(7-10-36)13-19(23(37)38)33-14-25/h1-5,8,11-12,19,22,33H,6-7,9-10,13-14H2,(H,37,38)(H2,31,34,35)/t19-,22+/m0/s1. The summed E-state index contributed by atoms with van der Waals surface area (Å²) in [6.45, 7) is 1.67. The van der Waals surface area contributed by atoms with Gasteiger partial charge in [-0.05, 0) is 48.9 Å². The minimum absolute atomic E-state index is 0.144. The largest absolute Gasteiger partial charge is 0.480 e. The topological polar surface area (TPSA) is 126 Å². The second-order valence-corrected chi connectivity index (χ2v) is 10.3. The third kappa shape index (κ3) is 5.86. The first kappa shape index (κ1) is 26.9. The van der Waals surface area contributed by atoms with Crippen LogP contribution >= 0.6 is 11.6 Å². The Morgan fingerprint density at radius 1 is 1.21 bits per heavy atom. The van der Waals surface area contributed by atoms with Gasteiger partial charge < -0.3 is 25.8 Å². The van der Waals surface area contributed by atoms with Crippen LogP contribution in [0, 0.1) is 5.41 Å². The quantitative estimate of drug-likeness (QED) is 0.398. The van der Waals surface area contributed by atoms with Gasteiger partial charge in [-0.1, -0.05) is 23.7 Å². The van der Waals surface area contributed by atoms with Crippen molar-refractivity contribution in [2.75, 3.05) is 30.3 Å². The molecule has 1 spiro atoms. The van der Waals surface area contributed by atoms with Crippen molar-refractivity contribution in [3.05, 3.63) is 59.2 Å². The van der Waals surface area contributed by atoms with E-state index in [2.05, 4.69) is 20.3 Å². The highest BCUT2D eigenvalue weighted by molar-refractivity contribution is 6.30. The summed E-state index contributed by atoms with van der Waals surface area (Å²) >= 11 is 6.12. The van der Waals surface area contributed by atoms with E-state index in [1.807, 2.05) is 4.90 Å². The Morgan fingerprint density at radius 3 is 2.62 bits per heavy atom. The van der Waals surface area contributed by atoms with E-state index < -0.39 is 24.3 Å². The average Bonchev–Trinajstić information content (AvgIpc) is 3.31. The van der Waals surface area contributed by atoms with Crippen molar-refractivity contribution in [3.8, 4) is 17.1 Å². The van der Waals surface area contributed by atoms with Crippen LogP contribution in [0.5, 0.6) is 5.88 Å². The summed E-state index contributed by atoms with van der Waals surface area (Å²) in [5, 5.41) is 12.6. The number of hydrogen-bond acceptors (Lipinski definition) is 8. The van der Waals surface area contributed by atoms with Crippen LogP contribution < -0.4 is 20.7 Å². The van der Waals surface area contributed by atoms with Gasteiger partial charge in [0, 0.05) is 48.0 Å². The first-order valence-corrected chi connectivity index (χ1v) is 12.7. The number of nitrogens with zero attached hydrogens (tertiary/aromatic N) is 4. The molecular formula is C26H26ClF3N6O3. The molecule has 2 atom stereocenters. The molecule has 0 bridgehead atoms. The van der Waals surface area contributed by atoms with E-state index in [4.69, 9.17) is 22.1 Å². The number of aliphatic carboxylic acids is 1. The van der Waals surface area contributed by atoms with Crippen LogP contribution in [0.25, 0.3) is 11.3 Å². The van der Waals surface area contributed by atoms with Crippen LogP contribution in [0.3, 0.4) is 0 Å². The highest BCUT2D eigenvalue weighted by atomic mass is 35.5. The molecule has 0 unspecified atom stereocenters. The van der Waals surface area contributed by atoms with Gasteiger partial charge in [0.1, 0.15) is 11.9 Å². The van der Waals surface area contributed by atoms with Gasteiger partial charge in [0.25, 0.3) is 0 Å². The number of hydrogen-bond donors (Lipinski definition) is 3. The molecule has 2 aliphatic rings. The molecule has 0 radical (unpaired) electrons. The Kier molecular flexibility index (Phi) is 7.25. The smallest absolute Gasteiger partial charge is 0.429 e. The van der Waals surface area contributed by atoms with Gasteiger partial charge in [-0.3, -0.25) is 9.78 Å². The van der Waals surface area contributed by atoms with Crippen LogP contribution in [0.4, 0.5) is 24.9 Å². The lowest BCUT2D eigenvalue weighted by Crippen LogP contribution is -2.41. The van der Waals surface area contributed by atoms with E-state index in [0.717, 1.165) is 0 Å². The third-order valence-corrected chi connectivity index (χ3v) is 7.52. The SMILES string of the molecule is Nc1nc(O[C@H](c2ccc(Cl)cc2-c2ccccn2)C(F)(F)F)cc(N2CCC3(CC2)CN[C@H](C(=O)O)C3)n1. The molecule has 0 saturated carbocycles. The molecule has 2 saturated heterocycles. The fourth-order valence-corrected chi connectivity index (χ4v) is 5.44. The lowest BCUT2D eigenvalue weighted by atomic mass is 9.76. The number of benzene rings is 1. The first-order chi connectivity index (χ1) is 18.5. The summed E-state index contributed by atoms with van der Waals surface area (Å²) in [5.41, 5.74) is 6.06. The van der Waals surface area contributed by atoms with Crippen molar-refractivity contribution in [1.82, 2.24) is 20.3 Å². The lowest BCUT2D eigenvalue weighted by Gasteiger charge is -2.39. The summed E-state index contributed by atoms with van der Waals surface area (Å²) in [7, 11) is 0. The molecule has 2 aromatic heterocycles. The monoisotopic (exact) mass is 562 g/mol. The maximum atomic E-state index is 14.4.